The Morgan fingerprint density at radius 2 is 1.11 bits per heavy atom. The van der Waals surface area contributed by atoms with Crippen molar-refractivity contribution >= 4 is 59.9 Å². The smallest absolute Gasteiger partial charge is 0.146 e. The molecule has 0 radical (unpaired) electrons. The van der Waals surface area contributed by atoms with Gasteiger partial charge in [-0.2, -0.15) is 0 Å². The van der Waals surface area contributed by atoms with Crippen LogP contribution in [-0.4, -0.2) is 9.38 Å². The van der Waals surface area contributed by atoms with Gasteiger partial charge < -0.3 is 0 Å². The maximum Gasteiger partial charge on any atom is 0.146 e. The summed E-state index contributed by atoms with van der Waals surface area (Å²) in [5.74, 6) is 0. The minimum absolute atomic E-state index is 1.01. The quantitative estimate of drug-likeness (QED) is 0.231. The highest BCUT2D eigenvalue weighted by atomic mass is 15.0. The Morgan fingerprint density at radius 1 is 0.457 bits per heavy atom. The third kappa shape index (κ3) is 2.57. The van der Waals surface area contributed by atoms with E-state index in [9.17, 15) is 0 Å². The molecule has 2 aromatic heterocycles. The fraction of sp³-hybridized carbons (Fsp3) is 0. The first kappa shape index (κ1) is 18.7. The van der Waals surface area contributed by atoms with Crippen LogP contribution < -0.4 is 0 Å². The van der Waals surface area contributed by atoms with Gasteiger partial charge in [0.2, 0.25) is 0 Å². The van der Waals surface area contributed by atoms with E-state index in [1.165, 1.54) is 54.3 Å². The molecule has 0 aliphatic carbocycles. The molecular weight excluding hydrogens is 424 g/mol. The van der Waals surface area contributed by atoms with Crippen LogP contribution in [-0.2, 0) is 0 Å². The predicted octanol–water partition coefficient (Wildman–Crippen LogP) is 8.77. The highest BCUT2D eigenvalue weighted by Crippen LogP contribution is 2.38. The molecule has 6 aromatic carbocycles. The predicted molar refractivity (Wildman–Crippen MR) is 148 cm³/mol. The summed E-state index contributed by atoms with van der Waals surface area (Å²) in [6.45, 7) is 0. The van der Waals surface area contributed by atoms with Gasteiger partial charge in [-0.25, -0.2) is 4.98 Å². The zero-order chi connectivity index (χ0) is 22.9. The van der Waals surface area contributed by atoms with Gasteiger partial charge in [0.15, 0.2) is 0 Å². The summed E-state index contributed by atoms with van der Waals surface area (Å²) in [5.41, 5.74) is 6.82. The molecule has 0 N–H and O–H groups in total. The summed E-state index contributed by atoms with van der Waals surface area (Å²) in [5, 5.41) is 8.77. The van der Waals surface area contributed by atoms with Gasteiger partial charge in [0, 0.05) is 10.8 Å². The van der Waals surface area contributed by atoms with Gasteiger partial charge in [-0.3, -0.25) is 4.40 Å². The van der Waals surface area contributed by atoms with E-state index in [4.69, 9.17) is 4.98 Å². The van der Waals surface area contributed by atoms with Gasteiger partial charge in [-0.15, -0.1) is 0 Å². The zero-order valence-electron chi connectivity index (χ0n) is 18.9. The number of nitrogens with zero attached hydrogens (tertiary/aromatic N) is 2. The van der Waals surface area contributed by atoms with E-state index in [-0.39, 0.29) is 0 Å². The van der Waals surface area contributed by atoms with Crippen molar-refractivity contribution in [3.63, 3.8) is 0 Å². The zero-order valence-corrected chi connectivity index (χ0v) is 18.9. The highest BCUT2D eigenvalue weighted by Gasteiger charge is 2.15. The molecule has 0 unspecified atom stereocenters. The molecule has 0 saturated carbocycles. The van der Waals surface area contributed by atoms with E-state index in [0.717, 1.165) is 16.7 Å². The van der Waals surface area contributed by atoms with Gasteiger partial charge in [-0.05, 0) is 68.4 Å². The SMILES string of the molecule is c1ccc2c(c1)cc(-c1ccc3c4ccccc4n4c5ccccc5nc4c3c1)c1ccccc12. The number of pyridine rings is 1. The first-order chi connectivity index (χ1) is 17.4. The summed E-state index contributed by atoms with van der Waals surface area (Å²) in [6, 6.07) is 43.7. The van der Waals surface area contributed by atoms with Gasteiger partial charge in [0.05, 0.1) is 16.6 Å². The van der Waals surface area contributed by atoms with E-state index in [1.54, 1.807) is 0 Å². The van der Waals surface area contributed by atoms with Gasteiger partial charge in [0.1, 0.15) is 5.65 Å². The second-order valence-electron chi connectivity index (χ2n) is 9.23. The number of fused-ring (bicyclic) bond motifs is 11. The van der Waals surface area contributed by atoms with Crippen molar-refractivity contribution in [2.45, 2.75) is 0 Å². The van der Waals surface area contributed by atoms with Crippen molar-refractivity contribution in [1.82, 2.24) is 9.38 Å². The van der Waals surface area contributed by atoms with Crippen LogP contribution >= 0.6 is 0 Å². The molecule has 8 rings (SSSR count). The second kappa shape index (κ2) is 6.91. The number of imidazole rings is 1. The maximum atomic E-state index is 5.10. The van der Waals surface area contributed by atoms with Crippen molar-refractivity contribution in [3.05, 3.63) is 121 Å². The average Bonchev–Trinajstić information content (AvgIpc) is 3.33. The Bertz CT molecular complexity index is 2110. The third-order valence-electron chi connectivity index (χ3n) is 7.34. The fourth-order valence-electron chi connectivity index (χ4n) is 5.77. The lowest BCUT2D eigenvalue weighted by atomic mass is 9.92. The van der Waals surface area contributed by atoms with Crippen LogP contribution in [0.1, 0.15) is 0 Å². The van der Waals surface area contributed by atoms with Crippen molar-refractivity contribution in [3.8, 4) is 11.1 Å². The van der Waals surface area contributed by atoms with Crippen LogP contribution in [0.2, 0.25) is 0 Å². The molecule has 162 valence electrons. The number of benzene rings is 6. The van der Waals surface area contributed by atoms with Crippen LogP contribution in [0.4, 0.5) is 0 Å². The Morgan fingerprint density at radius 3 is 2.00 bits per heavy atom. The summed E-state index contributed by atoms with van der Waals surface area (Å²) < 4.78 is 2.31. The molecule has 0 bridgehead atoms. The van der Waals surface area contributed by atoms with Crippen molar-refractivity contribution in [1.29, 1.82) is 0 Å². The van der Waals surface area contributed by atoms with Gasteiger partial charge in [-0.1, -0.05) is 91.0 Å². The van der Waals surface area contributed by atoms with Crippen LogP contribution in [0.15, 0.2) is 121 Å². The van der Waals surface area contributed by atoms with Crippen molar-refractivity contribution in [2.24, 2.45) is 0 Å². The molecule has 0 amide bonds. The molecule has 2 heterocycles. The molecule has 0 aliphatic rings. The second-order valence-corrected chi connectivity index (χ2v) is 9.23. The largest absolute Gasteiger partial charge is 0.292 e. The number of rotatable bonds is 1. The van der Waals surface area contributed by atoms with Gasteiger partial charge in [0.25, 0.3) is 0 Å². The van der Waals surface area contributed by atoms with E-state index < -0.39 is 0 Å². The highest BCUT2D eigenvalue weighted by molar-refractivity contribution is 6.17. The third-order valence-corrected chi connectivity index (χ3v) is 7.34. The van der Waals surface area contributed by atoms with Crippen LogP contribution in [0.3, 0.4) is 0 Å². The standard InChI is InChI=1S/C33H20N2/c1-2-10-23-21(9-1)19-28(25-12-4-3-11-24(23)25)22-17-18-26-27-13-5-7-15-31(27)35-32-16-8-6-14-30(32)34-33(35)29(26)20-22/h1-20H. The van der Waals surface area contributed by atoms with Crippen molar-refractivity contribution in [2.75, 3.05) is 0 Å². The van der Waals surface area contributed by atoms with E-state index in [0.29, 0.717) is 0 Å². The van der Waals surface area contributed by atoms with Gasteiger partial charge >= 0.3 is 0 Å². The normalized spacial score (nSPS) is 12.0. The van der Waals surface area contributed by atoms with E-state index in [2.05, 4.69) is 126 Å². The van der Waals surface area contributed by atoms with Crippen molar-refractivity contribution < 1.29 is 0 Å². The van der Waals surface area contributed by atoms with E-state index >= 15 is 0 Å². The van der Waals surface area contributed by atoms with Crippen LogP contribution in [0, 0.1) is 0 Å². The monoisotopic (exact) mass is 444 g/mol. The average molecular weight is 445 g/mol. The number of hydrogen-bond acceptors (Lipinski definition) is 1. The topological polar surface area (TPSA) is 17.3 Å². The molecule has 0 aliphatic heterocycles. The molecule has 0 spiro atoms. The summed E-state index contributed by atoms with van der Waals surface area (Å²) in [7, 11) is 0. The first-order valence-corrected chi connectivity index (χ1v) is 12.0. The lowest BCUT2D eigenvalue weighted by molar-refractivity contribution is 1.31. The number of aromatic nitrogens is 2. The number of hydrogen-bond donors (Lipinski definition) is 0. The molecule has 0 saturated heterocycles. The molecule has 0 fully saturated rings. The van der Waals surface area contributed by atoms with E-state index in [1.807, 2.05) is 0 Å². The Kier molecular flexibility index (Phi) is 3.69. The molecular formula is C33H20N2. The summed E-state index contributed by atoms with van der Waals surface area (Å²) in [6.07, 6.45) is 0. The Labute approximate surface area is 201 Å². The molecule has 2 heteroatoms. The van der Waals surface area contributed by atoms with Crippen LogP contribution in [0.25, 0.3) is 71.0 Å². The maximum absolute atomic E-state index is 5.10. The lowest BCUT2D eigenvalue weighted by Crippen LogP contribution is -1.92. The Hall–Kier alpha value is -4.69. The minimum Gasteiger partial charge on any atom is -0.292 e. The minimum atomic E-state index is 1.01. The fourth-order valence-corrected chi connectivity index (χ4v) is 5.77. The lowest BCUT2D eigenvalue weighted by Gasteiger charge is -2.13. The molecule has 35 heavy (non-hydrogen) atoms. The molecule has 8 aromatic rings. The summed E-state index contributed by atoms with van der Waals surface area (Å²) in [4.78, 5) is 5.10. The molecule has 2 nitrogen and oxygen atoms in total. The Balaban J connectivity index is 1.54. The number of para-hydroxylation sites is 3. The molecule has 0 atom stereocenters. The van der Waals surface area contributed by atoms with Crippen LogP contribution in [0.5, 0.6) is 0 Å². The first-order valence-electron chi connectivity index (χ1n) is 12.0. The summed E-state index contributed by atoms with van der Waals surface area (Å²) >= 11 is 0.